The zero-order chi connectivity index (χ0) is 12.7. The number of anilines is 1. The van der Waals surface area contributed by atoms with E-state index in [0.717, 1.165) is 24.4 Å². The Morgan fingerprint density at radius 2 is 2.41 bits per heavy atom. The smallest absolute Gasteiger partial charge is 0.345 e. The Hall–Kier alpha value is -1.21. The average molecular weight is 259 g/mol. The second-order valence-electron chi connectivity index (χ2n) is 4.01. The number of rotatable bonds is 8. The summed E-state index contributed by atoms with van der Waals surface area (Å²) in [5, 5.41) is 14.1. The van der Waals surface area contributed by atoms with Crippen molar-refractivity contribution in [1.29, 1.82) is 0 Å². The van der Waals surface area contributed by atoms with Crippen LogP contribution >= 0.6 is 11.3 Å². The fraction of sp³-hybridized carbons (Fsp3) is 0.700. The van der Waals surface area contributed by atoms with Crippen LogP contribution in [0.4, 0.5) is 10.1 Å². The molecule has 7 heteroatoms. The van der Waals surface area contributed by atoms with Crippen molar-refractivity contribution in [2.45, 2.75) is 20.3 Å². The standard InChI is InChI=1S/C10H17N3O3S/c1-8(2)7-16-5-3-4-11-10-12-6-9(17-10)13(14)15/h6,8H,3-5,7H2,1-2H3,(H,11,12). The molecule has 0 aromatic carbocycles. The number of nitro groups is 1. The van der Waals surface area contributed by atoms with Crippen molar-refractivity contribution in [3.8, 4) is 0 Å². The van der Waals surface area contributed by atoms with E-state index in [1.54, 1.807) is 0 Å². The molecule has 0 bridgehead atoms. The van der Waals surface area contributed by atoms with Gasteiger partial charge < -0.3 is 10.1 Å². The average Bonchev–Trinajstić information content (AvgIpc) is 2.71. The molecule has 0 unspecified atom stereocenters. The van der Waals surface area contributed by atoms with Gasteiger partial charge in [0.1, 0.15) is 6.20 Å². The number of ether oxygens (including phenoxy) is 1. The van der Waals surface area contributed by atoms with Gasteiger partial charge in [-0.1, -0.05) is 13.8 Å². The summed E-state index contributed by atoms with van der Waals surface area (Å²) >= 11 is 1.05. The quantitative estimate of drug-likeness (QED) is 0.441. The molecular formula is C10H17N3O3S. The molecule has 96 valence electrons. The molecule has 1 aromatic heterocycles. The number of nitrogens with zero attached hydrogens (tertiary/aromatic N) is 2. The van der Waals surface area contributed by atoms with Crippen LogP contribution in [0, 0.1) is 16.0 Å². The molecule has 1 aromatic rings. The lowest BCUT2D eigenvalue weighted by Crippen LogP contribution is -2.08. The lowest BCUT2D eigenvalue weighted by molar-refractivity contribution is -0.380. The summed E-state index contributed by atoms with van der Waals surface area (Å²) in [4.78, 5) is 13.9. The van der Waals surface area contributed by atoms with Crippen LogP contribution in [0.1, 0.15) is 20.3 Å². The van der Waals surface area contributed by atoms with E-state index in [1.165, 1.54) is 6.20 Å². The Kier molecular flexibility index (Phi) is 5.85. The van der Waals surface area contributed by atoms with Crippen molar-refractivity contribution in [1.82, 2.24) is 4.98 Å². The molecule has 0 saturated carbocycles. The van der Waals surface area contributed by atoms with Crippen LogP contribution in [0.5, 0.6) is 0 Å². The van der Waals surface area contributed by atoms with Gasteiger partial charge in [0.25, 0.3) is 0 Å². The van der Waals surface area contributed by atoms with Gasteiger partial charge >= 0.3 is 5.00 Å². The monoisotopic (exact) mass is 259 g/mol. The predicted molar refractivity (Wildman–Crippen MR) is 67.5 cm³/mol. The molecule has 0 spiro atoms. The first-order valence-corrected chi connectivity index (χ1v) is 6.33. The molecule has 1 N–H and O–H groups in total. The van der Waals surface area contributed by atoms with E-state index in [-0.39, 0.29) is 5.00 Å². The highest BCUT2D eigenvalue weighted by Crippen LogP contribution is 2.24. The number of hydrogen-bond acceptors (Lipinski definition) is 6. The third-order valence-electron chi connectivity index (χ3n) is 1.87. The summed E-state index contributed by atoms with van der Waals surface area (Å²) in [5.41, 5.74) is 0. The number of nitrogens with one attached hydrogen (secondary N) is 1. The van der Waals surface area contributed by atoms with Gasteiger partial charge in [0, 0.05) is 19.8 Å². The minimum atomic E-state index is -0.436. The van der Waals surface area contributed by atoms with Crippen molar-refractivity contribution in [3.05, 3.63) is 16.3 Å². The number of thiazole rings is 1. The van der Waals surface area contributed by atoms with Gasteiger partial charge in [0.15, 0.2) is 5.13 Å². The van der Waals surface area contributed by atoms with Gasteiger partial charge in [-0.3, -0.25) is 10.1 Å². The van der Waals surface area contributed by atoms with Crippen LogP contribution in [0.2, 0.25) is 0 Å². The zero-order valence-corrected chi connectivity index (χ0v) is 10.8. The highest BCUT2D eigenvalue weighted by Gasteiger charge is 2.10. The van der Waals surface area contributed by atoms with Crippen LogP contribution < -0.4 is 5.32 Å². The van der Waals surface area contributed by atoms with E-state index >= 15 is 0 Å². The normalized spacial score (nSPS) is 10.8. The van der Waals surface area contributed by atoms with Gasteiger partial charge in [0.2, 0.25) is 0 Å². The van der Waals surface area contributed by atoms with Crippen molar-refractivity contribution in [2.75, 3.05) is 25.1 Å². The molecule has 0 aliphatic rings. The first-order chi connectivity index (χ1) is 8.09. The van der Waals surface area contributed by atoms with Crippen molar-refractivity contribution < 1.29 is 9.66 Å². The fourth-order valence-corrected chi connectivity index (χ4v) is 1.78. The molecular weight excluding hydrogens is 242 g/mol. The molecule has 0 amide bonds. The van der Waals surface area contributed by atoms with Crippen LogP contribution in [-0.4, -0.2) is 29.7 Å². The van der Waals surface area contributed by atoms with E-state index in [0.29, 0.717) is 24.2 Å². The van der Waals surface area contributed by atoms with Crippen LogP contribution in [-0.2, 0) is 4.74 Å². The Morgan fingerprint density at radius 3 is 3.00 bits per heavy atom. The summed E-state index contributed by atoms with van der Waals surface area (Å²) in [5.74, 6) is 0.546. The summed E-state index contributed by atoms with van der Waals surface area (Å²) in [6.07, 6.45) is 2.13. The highest BCUT2D eigenvalue weighted by molar-refractivity contribution is 7.18. The molecule has 1 rings (SSSR count). The predicted octanol–water partition coefficient (Wildman–Crippen LogP) is 2.53. The molecule has 0 radical (unpaired) electrons. The van der Waals surface area contributed by atoms with Crippen molar-refractivity contribution in [2.24, 2.45) is 5.92 Å². The maximum atomic E-state index is 10.4. The van der Waals surface area contributed by atoms with Gasteiger partial charge in [-0.05, 0) is 23.7 Å². The van der Waals surface area contributed by atoms with Crippen LogP contribution in [0.15, 0.2) is 6.20 Å². The van der Waals surface area contributed by atoms with E-state index in [1.807, 2.05) is 0 Å². The summed E-state index contributed by atoms with van der Waals surface area (Å²) in [7, 11) is 0. The maximum Gasteiger partial charge on any atom is 0.345 e. The number of aromatic nitrogens is 1. The third kappa shape index (κ3) is 5.60. The lowest BCUT2D eigenvalue weighted by atomic mass is 10.2. The van der Waals surface area contributed by atoms with Gasteiger partial charge in [0.05, 0.1) is 4.92 Å². The molecule has 0 atom stereocenters. The van der Waals surface area contributed by atoms with Gasteiger partial charge in [-0.15, -0.1) is 0 Å². The Balaban J connectivity index is 2.11. The Labute approximate surface area is 104 Å². The largest absolute Gasteiger partial charge is 0.381 e. The Morgan fingerprint density at radius 1 is 1.65 bits per heavy atom. The second-order valence-corrected chi connectivity index (χ2v) is 5.02. The van der Waals surface area contributed by atoms with Crippen LogP contribution in [0.3, 0.4) is 0 Å². The first kappa shape index (κ1) is 13.9. The maximum absolute atomic E-state index is 10.4. The zero-order valence-electron chi connectivity index (χ0n) is 10.0. The first-order valence-electron chi connectivity index (χ1n) is 5.51. The third-order valence-corrected chi connectivity index (χ3v) is 2.77. The van der Waals surface area contributed by atoms with Crippen LogP contribution in [0.25, 0.3) is 0 Å². The molecule has 6 nitrogen and oxygen atoms in total. The van der Waals surface area contributed by atoms with Gasteiger partial charge in [-0.2, -0.15) is 0 Å². The minimum absolute atomic E-state index is 0.0588. The number of hydrogen-bond donors (Lipinski definition) is 1. The molecule has 0 fully saturated rings. The van der Waals surface area contributed by atoms with Gasteiger partial charge in [-0.25, -0.2) is 4.98 Å². The lowest BCUT2D eigenvalue weighted by Gasteiger charge is -2.06. The molecule has 17 heavy (non-hydrogen) atoms. The SMILES string of the molecule is CC(C)COCCCNc1ncc([N+](=O)[O-])s1. The molecule has 0 aliphatic carbocycles. The second kappa shape index (κ2) is 7.18. The summed E-state index contributed by atoms with van der Waals surface area (Å²) in [6.45, 7) is 6.38. The van der Waals surface area contributed by atoms with Crippen molar-refractivity contribution in [3.63, 3.8) is 0 Å². The molecule has 0 aliphatic heterocycles. The van der Waals surface area contributed by atoms with Crippen molar-refractivity contribution >= 4 is 21.5 Å². The van der Waals surface area contributed by atoms with E-state index in [9.17, 15) is 10.1 Å². The highest BCUT2D eigenvalue weighted by atomic mass is 32.1. The molecule has 0 saturated heterocycles. The minimum Gasteiger partial charge on any atom is -0.381 e. The molecule has 1 heterocycles. The summed E-state index contributed by atoms with van der Waals surface area (Å²) < 4.78 is 5.41. The summed E-state index contributed by atoms with van der Waals surface area (Å²) in [6, 6.07) is 0. The topological polar surface area (TPSA) is 77.3 Å². The Bertz CT molecular complexity index is 354. The van der Waals surface area contributed by atoms with E-state index < -0.39 is 4.92 Å². The van der Waals surface area contributed by atoms with E-state index in [4.69, 9.17) is 4.74 Å². The fourth-order valence-electron chi connectivity index (χ4n) is 1.12. The van der Waals surface area contributed by atoms with E-state index in [2.05, 4.69) is 24.1 Å².